The third-order valence-electron chi connectivity index (χ3n) is 8.32. The topological polar surface area (TPSA) is 51.7 Å². The monoisotopic (exact) mass is 445 g/mol. The summed E-state index contributed by atoms with van der Waals surface area (Å²) < 4.78 is 0. The van der Waals surface area contributed by atoms with Crippen LogP contribution < -0.4 is 10.2 Å². The van der Waals surface area contributed by atoms with Gasteiger partial charge in [-0.25, -0.2) is 0 Å². The summed E-state index contributed by atoms with van der Waals surface area (Å²) >= 11 is 0. The predicted molar refractivity (Wildman–Crippen MR) is 130 cm³/mol. The van der Waals surface area contributed by atoms with Gasteiger partial charge in [-0.3, -0.25) is 14.7 Å². The van der Waals surface area contributed by atoms with Crippen LogP contribution in [0.4, 0.5) is 5.69 Å². The summed E-state index contributed by atoms with van der Waals surface area (Å²) in [4.78, 5) is 24.1. The standard InChI is InChI=1S/C27H35N5O/c1-30(25-9-2-5-19-7-4-12-28-27(19)25)17-21-15-23-20(16-29-21)6-3-8-24(23)31-13-14-32-22(18-31)10-11-26(32)33/h3-4,6-8,12,21-22,25,29H,2,5,9-11,13-18H2,1H3/t21-,22+,25+/m1/s1. The van der Waals surface area contributed by atoms with Crippen LogP contribution in [-0.2, 0) is 24.2 Å². The van der Waals surface area contributed by atoms with Crippen molar-refractivity contribution in [1.29, 1.82) is 0 Å². The van der Waals surface area contributed by atoms with Gasteiger partial charge in [0.2, 0.25) is 5.91 Å². The third kappa shape index (κ3) is 3.93. The number of nitrogens with zero attached hydrogens (tertiary/aromatic N) is 4. The highest BCUT2D eigenvalue weighted by Crippen LogP contribution is 2.34. The number of aromatic nitrogens is 1. The number of carbonyl (C=O) groups is 1. The summed E-state index contributed by atoms with van der Waals surface area (Å²) in [5, 5.41) is 3.81. The summed E-state index contributed by atoms with van der Waals surface area (Å²) in [6.07, 6.45) is 8.34. The molecular weight excluding hydrogens is 410 g/mol. The Bertz CT molecular complexity index is 1040. The molecule has 0 bridgehead atoms. The van der Waals surface area contributed by atoms with Gasteiger partial charge in [-0.15, -0.1) is 0 Å². The van der Waals surface area contributed by atoms with E-state index in [0.29, 0.717) is 24.0 Å². The molecule has 3 aliphatic heterocycles. The van der Waals surface area contributed by atoms with E-state index in [-0.39, 0.29) is 0 Å². The normalized spacial score (nSPS) is 26.8. The Labute approximate surface area is 197 Å². The molecule has 1 aromatic heterocycles. The van der Waals surface area contributed by atoms with Crippen molar-refractivity contribution in [1.82, 2.24) is 20.1 Å². The Balaban J connectivity index is 1.18. The average molecular weight is 446 g/mol. The maximum absolute atomic E-state index is 12.1. The first-order valence-corrected chi connectivity index (χ1v) is 12.7. The number of amides is 1. The second-order valence-corrected chi connectivity index (χ2v) is 10.3. The minimum Gasteiger partial charge on any atom is -0.367 e. The lowest BCUT2D eigenvalue weighted by atomic mass is 9.89. The number of nitrogens with one attached hydrogen (secondary N) is 1. The summed E-state index contributed by atoms with van der Waals surface area (Å²) in [6.45, 7) is 4.75. The number of likely N-dealkylation sites (N-methyl/N-ethyl adjacent to an activating group) is 1. The van der Waals surface area contributed by atoms with Crippen molar-refractivity contribution in [3.63, 3.8) is 0 Å². The van der Waals surface area contributed by atoms with E-state index in [2.05, 4.69) is 57.4 Å². The molecule has 3 atom stereocenters. The van der Waals surface area contributed by atoms with Gasteiger partial charge in [0.15, 0.2) is 0 Å². The zero-order valence-electron chi connectivity index (χ0n) is 19.7. The first-order chi connectivity index (χ1) is 16.2. The van der Waals surface area contributed by atoms with Crippen LogP contribution in [0.1, 0.15) is 54.1 Å². The molecule has 0 unspecified atom stereocenters. The Morgan fingerprint density at radius 1 is 1.12 bits per heavy atom. The van der Waals surface area contributed by atoms with Crippen molar-refractivity contribution in [2.24, 2.45) is 0 Å². The summed E-state index contributed by atoms with van der Waals surface area (Å²) in [7, 11) is 2.27. The number of piperazine rings is 1. The van der Waals surface area contributed by atoms with Crippen LogP contribution >= 0.6 is 0 Å². The lowest BCUT2D eigenvalue weighted by Crippen LogP contribution is -2.52. The lowest BCUT2D eigenvalue weighted by Gasteiger charge is -2.41. The van der Waals surface area contributed by atoms with Crippen molar-refractivity contribution in [3.05, 3.63) is 58.9 Å². The molecule has 0 saturated carbocycles. The molecule has 0 radical (unpaired) electrons. The largest absolute Gasteiger partial charge is 0.367 e. The zero-order chi connectivity index (χ0) is 22.4. The van der Waals surface area contributed by atoms with E-state index in [4.69, 9.17) is 4.98 Å². The minimum absolute atomic E-state index is 0.348. The van der Waals surface area contributed by atoms with Gasteiger partial charge < -0.3 is 15.1 Å². The van der Waals surface area contributed by atoms with Crippen LogP contribution in [0.2, 0.25) is 0 Å². The van der Waals surface area contributed by atoms with Crippen LogP contribution in [0.25, 0.3) is 0 Å². The Kier molecular flexibility index (Phi) is 5.59. The van der Waals surface area contributed by atoms with Crippen molar-refractivity contribution in [2.75, 3.05) is 38.1 Å². The fourth-order valence-corrected chi connectivity index (χ4v) is 6.59. The van der Waals surface area contributed by atoms with E-state index in [1.807, 2.05) is 6.20 Å². The molecule has 2 aromatic rings. The summed E-state index contributed by atoms with van der Waals surface area (Å²) in [5.41, 5.74) is 7.04. The van der Waals surface area contributed by atoms with Crippen LogP contribution in [0.5, 0.6) is 0 Å². The van der Waals surface area contributed by atoms with Crippen LogP contribution in [0.15, 0.2) is 36.5 Å². The molecular formula is C27H35N5O. The van der Waals surface area contributed by atoms with E-state index in [9.17, 15) is 4.79 Å². The highest BCUT2D eigenvalue weighted by Gasteiger charge is 2.36. The number of hydrogen-bond acceptors (Lipinski definition) is 5. The number of aryl methyl sites for hydroxylation is 1. The van der Waals surface area contributed by atoms with Crippen molar-refractivity contribution < 1.29 is 4.79 Å². The Morgan fingerprint density at radius 3 is 2.97 bits per heavy atom. The average Bonchev–Trinajstić information content (AvgIpc) is 3.23. The Hall–Kier alpha value is -2.44. The van der Waals surface area contributed by atoms with E-state index < -0.39 is 0 Å². The van der Waals surface area contributed by atoms with Crippen LogP contribution in [0, 0.1) is 0 Å². The molecule has 6 rings (SSSR count). The number of carbonyl (C=O) groups excluding carboxylic acids is 1. The first kappa shape index (κ1) is 21.1. The summed E-state index contributed by atoms with van der Waals surface area (Å²) in [6, 6.07) is 12.4. The van der Waals surface area contributed by atoms with E-state index in [1.165, 1.54) is 40.9 Å². The predicted octanol–water partition coefficient (Wildman–Crippen LogP) is 2.92. The molecule has 4 aliphatic rings. The molecule has 33 heavy (non-hydrogen) atoms. The second-order valence-electron chi connectivity index (χ2n) is 10.3. The first-order valence-electron chi connectivity index (χ1n) is 12.7. The highest BCUT2D eigenvalue weighted by atomic mass is 16.2. The molecule has 2 fully saturated rings. The van der Waals surface area contributed by atoms with Gasteiger partial charge in [-0.1, -0.05) is 18.2 Å². The fourth-order valence-electron chi connectivity index (χ4n) is 6.59. The van der Waals surface area contributed by atoms with Crippen LogP contribution in [-0.4, -0.2) is 66.0 Å². The number of hydrogen-bond donors (Lipinski definition) is 1. The molecule has 6 heteroatoms. The zero-order valence-corrected chi connectivity index (χ0v) is 19.7. The third-order valence-corrected chi connectivity index (χ3v) is 8.32. The molecule has 6 nitrogen and oxygen atoms in total. The van der Waals surface area contributed by atoms with Crippen molar-refractivity contribution >= 4 is 11.6 Å². The fraction of sp³-hybridized carbons (Fsp3) is 0.556. The van der Waals surface area contributed by atoms with Gasteiger partial charge in [0, 0.05) is 63.1 Å². The summed E-state index contributed by atoms with van der Waals surface area (Å²) in [5.74, 6) is 0.348. The van der Waals surface area contributed by atoms with Gasteiger partial charge in [-0.05, 0) is 68.0 Å². The minimum atomic E-state index is 0.348. The van der Waals surface area contributed by atoms with Gasteiger partial charge in [0.05, 0.1) is 11.7 Å². The lowest BCUT2D eigenvalue weighted by molar-refractivity contribution is -0.129. The van der Waals surface area contributed by atoms with Gasteiger partial charge in [-0.2, -0.15) is 0 Å². The van der Waals surface area contributed by atoms with Gasteiger partial charge >= 0.3 is 0 Å². The van der Waals surface area contributed by atoms with Crippen molar-refractivity contribution in [2.45, 2.75) is 63.2 Å². The quantitative estimate of drug-likeness (QED) is 0.784. The molecule has 4 heterocycles. The number of rotatable bonds is 4. The number of benzene rings is 1. The molecule has 174 valence electrons. The van der Waals surface area contributed by atoms with Gasteiger partial charge in [0.25, 0.3) is 0 Å². The number of anilines is 1. The van der Waals surface area contributed by atoms with E-state index in [0.717, 1.165) is 58.4 Å². The van der Waals surface area contributed by atoms with Crippen molar-refractivity contribution in [3.8, 4) is 0 Å². The maximum atomic E-state index is 12.1. The molecule has 0 spiro atoms. The Morgan fingerprint density at radius 2 is 2.03 bits per heavy atom. The van der Waals surface area contributed by atoms with Gasteiger partial charge in [0.1, 0.15) is 0 Å². The van der Waals surface area contributed by atoms with E-state index in [1.54, 1.807) is 0 Å². The molecule has 2 saturated heterocycles. The molecule has 1 aliphatic carbocycles. The molecule has 1 aromatic carbocycles. The maximum Gasteiger partial charge on any atom is 0.223 e. The smallest absolute Gasteiger partial charge is 0.223 e. The SMILES string of the molecule is CN(C[C@H]1Cc2c(cccc2N2CCN3C(=O)CC[C@H]3C2)CN1)[C@H]1CCCc2cccnc21. The van der Waals surface area contributed by atoms with E-state index >= 15 is 0 Å². The van der Waals surface area contributed by atoms with Crippen LogP contribution in [0.3, 0.4) is 0 Å². The highest BCUT2D eigenvalue weighted by molar-refractivity contribution is 5.79. The number of fused-ring (bicyclic) bond motifs is 3. The second kappa shape index (κ2) is 8.73. The molecule has 1 N–H and O–H groups in total. The number of pyridine rings is 1. The molecule has 1 amide bonds.